The summed E-state index contributed by atoms with van der Waals surface area (Å²) in [4.78, 5) is 13.1. The average Bonchev–Trinajstić information content (AvgIpc) is 2.80. The van der Waals surface area contributed by atoms with E-state index in [0.717, 1.165) is 16.6 Å². The molecule has 7 heteroatoms. The van der Waals surface area contributed by atoms with Gasteiger partial charge in [-0.15, -0.1) is 11.3 Å². The molecule has 4 N–H and O–H groups in total. The van der Waals surface area contributed by atoms with Crippen LogP contribution >= 0.6 is 27.3 Å². The highest BCUT2D eigenvalue weighted by Crippen LogP contribution is 2.22. The fraction of sp³-hybridized carbons (Fsp3) is 0.500. The Morgan fingerprint density at radius 1 is 1.63 bits per heavy atom. The van der Waals surface area contributed by atoms with Crippen LogP contribution in [0.3, 0.4) is 0 Å². The van der Waals surface area contributed by atoms with Crippen molar-refractivity contribution in [2.75, 3.05) is 6.54 Å². The zero-order chi connectivity index (χ0) is 14.3. The van der Waals surface area contributed by atoms with Crippen LogP contribution in [-0.2, 0) is 11.2 Å². The Balaban J connectivity index is 2.44. The van der Waals surface area contributed by atoms with Gasteiger partial charge in [0.2, 0.25) is 5.91 Å². The van der Waals surface area contributed by atoms with Crippen LogP contribution in [-0.4, -0.2) is 23.5 Å². The number of oxime groups is 1. The number of hydrogen-bond donors (Lipinski definition) is 3. The predicted molar refractivity (Wildman–Crippen MR) is 80.5 cm³/mol. The summed E-state index contributed by atoms with van der Waals surface area (Å²) in [7, 11) is 0. The minimum atomic E-state index is -0.551. The molecule has 5 nitrogen and oxygen atoms in total. The quantitative estimate of drug-likeness (QED) is 0.306. The van der Waals surface area contributed by atoms with E-state index in [1.807, 2.05) is 19.1 Å². The number of amidine groups is 1. The molecule has 1 atom stereocenters. The average molecular weight is 348 g/mol. The number of nitrogens with one attached hydrogen (secondary N) is 1. The number of thiophene rings is 1. The van der Waals surface area contributed by atoms with Gasteiger partial charge in [0, 0.05) is 11.4 Å². The molecule has 0 aliphatic rings. The van der Waals surface area contributed by atoms with E-state index in [1.54, 1.807) is 11.3 Å². The van der Waals surface area contributed by atoms with Gasteiger partial charge in [0.15, 0.2) is 5.84 Å². The van der Waals surface area contributed by atoms with Gasteiger partial charge in [-0.25, -0.2) is 0 Å². The number of rotatable bonds is 7. The number of halogens is 1. The SMILES string of the molecule is CCCC(C(=O)NCCc1ccc(Br)s1)/C(N)=N/O. The van der Waals surface area contributed by atoms with Crippen molar-refractivity contribution in [3.63, 3.8) is 0 Å². The fourth-order valence-electron chi connectivity index (χ4n) is 1.69. The fourth-order valence-corrected chi connectivity index (χ4v) is 3.17. The Morgan fingerprint density at radius 2 is 2.37 bits per heavy atom. The van der Waals surface area contributed by atoms with Crippen LogP contribution in [0, 0.1) is 5.92 Å². The van der Waals surface area contributed by atoms with Crippen molar-refractivity contribution in [1.82, 2.24) is 5.32 Å². The van der Waals surface area contributed by atoms with Crippen LogP contribution in [0.25, 0.3) is 0 Å². The minimum absolute atomic E-state index is 0.0294. The molecule has 0 bridgehead atoms. The molecule has 0 saturated carbocycles. The van der Waals surface area contributed by atoms with Gasteiger partial charge in [-0.3, -0.25) is 4.79 Å². The molecule has 1 heterocycles. The minimum Gasteiger partial charge on any atom is -0.409 e. The van der Waals surface area contributed by atoms with Gasteiger partial charge in [-0.1, -0.05) is 18.5 Å². The largest absolute Gasteiger partial charge is 0.409 e. The van der Waals surface area contributed by atoms with E-state index in [9.17, 15) is 4.79 Å². The third-order valence-electron chi connectivity index (χ3n) is 2.67. The smallest absolute Gasteiger partial charge is 0.230 e. The first-order valence-corrected chi connectivity index (χ1v) is 7.68. The Labute approximate surface area is 125 Å². The van der Waals surface area contributed by atoms with Crippen LogP contribution in [0.4, 0.5) is 0 Å². The summed E-state index contributed by atoms with van der Waals surface area (Å²) in [6, 6.07) is 4.01. The lowest BCUT2D eigenvalue weighted by Crippen LogP contribution is -2.39. The van der Waals surface area contributed by atoms with Crippen LogP contribution in [0.15, 0.2) is 21.1 Å². The maximum absolute atomic E-state index is 11.9. The number of amides is 1. The molecule has 0 fully saturated rings. The molecular weight excluding hydrogens is 330 g/mol. The lowest BCUT2D eigenvalue weighted by atomic mass is 10.0. The first kappa shape index (κ1) is 16.0. The summed E-state index contributed by atoms with van der Waals surface area (Å²) >= 11 is 5.04. The molecule has 1 rings (SSSR count). The molecule has 0 radical (unpaired) electrons. The second-order valence-corrected chi connectivity index (χ2v) is 6.66. The van der Waals surface area contributed by atoms with Crippen molar-refractivity contribution in [1.29, 1.82) is 0 Å². The van der Waals surface area contributed by atoms with Crippen molar-refractivity contribution in [2.45, 2.75) is 26.2 Å². The van der Waals surface area contributed by atoms with Crippen molar-refractivity contribution in [2.24, 2.45) is 16.8 Å². The van der Waals surface area contributed by atoms with Crippen molar-refractivity contribution in [3.8, 4) is 0 Å². The van der Waals surface area contributed by atoms with E-state index in [2.05, 4.69) is 26.4 Å². The first-order chi connectivity index (χ1) is 9.08. The van der Waals surface area contributed by atoms with Crippen molar-refractivity contribution >= 4 is 39.0 Å². The molecule has 0 spiro atoms. The predicted octanol–water partition coefficient (Wildman–Crippen LogP) is 2.33. The van der Waals surface area contributed by atoms with Gasteiger partial charge in [-0.2, -0.15) is 0 Å². The molecule has 19 heavy (non-hydrogen) atoms. The summed E-state index contributed by atoms with van der Waals surface area (Å²) in [6.45, 7) is 2.50. The third-order valence-corrected chi connectivity index (χ3v) is 4.35. The lowest BCUT2D eigenvalue weighted by Gasteiger charge is -2.14. The van der Waals surface area contributed by atoms with E-state index in [1.165, 1.54) is 4.88 Å². The van der Waals surface area contributed by atoms with Crippen molar-refractivity contribution < 1.29 is 10.0 Å². The molecule has 0 aliphatic heterocycles. The number of hydrogen-bond acceptors (Lipinski definition) is 4. The van der Waals surface area contributed by atoms with Crippen LogP contribution < -0.4 is 11.1 Å². The second-order valence-electron chi connectivity index (χ2n) is 4.11. The number of nitrogens with zero attached hydrogens (tertiary/aromatic N) is 1. The van der Waals surface area contributed by atoms with Crippen LogP contribution in [0.2, 0.25) is 0 Å². The highest BCUT2D eigenvalue weighted by molar-refractivity contribution is 9.11. The standard InChI is InChI=1S/C12H18BrN3O2S/c1-2-3-9(11(14)16-18)12(17)15-7-6-8-4-5-10(13)19-8/h4-5,9,18H,2-3,6-7H2,1H3,(H2,14,16)(H,15,17). The van der Waals surface area contributed by atoms with Gasteiger partial charge < -0.3 is 16.3 Å². The van der Waals surface area contributed by atoms with E-state index in [-0.39, 0.29) is 11.7 Å². The molecule has 0 aromatic carbocycles. The highest BCUT2D eigenvalue weighted by atomic mass is 79.9. The number of carbonyl (C=O) groups excluding carboxylic acids is 1. The topological polar surface area (TPSA) is 87.7 Å². The second kappa shape index (κ2) is 8.16. The van der Waals surface area contributed by atoms with Crippen LogP contribution in [0.1, 0.15) is 24.6 Å². The van der Waals surface area contributed by atoms with Gasteiger partial charge in [0.1, 0.15) is 0 Å². The summed E-state index contributed by atoms with van der Waals surface area (Å²) in [5, 5.41) is 14.4. The van der Waals surface area contributed by atoms with Crippen molar-refractivity contribution in [3.05, 3.63) is 20.8 Å². The maximum Gasteiger partial charge on any atom is 0.230 e. The molecule has 1 amide bonds. The Bertz CT molecular complexity index is 448. The summed E-state index contributed by atoms with van der Waals surface area (Å²) in [5.41, 5.74) is 5.53. The lowest BCUT2D eigenvalue weighted by molar-refractivity contribution is -0.123. The first-order valence-electron chi connectivity index (χ1n) is 6.07. The maximum atomic E-state index is 11.9. The highest BCUT2D eigenvalue weighted by Gasteiger charge is 2.21. The van der Waals surface area contributed by atoms with E-state index < -0.39 is 5.92 Å². The van der Waals surface area contributed by atoms with Crippen LogP contribution in [0.5, 0.6) is 0 Å². The van der Waals surface area contributed by atoms with Gasteiger partial charge in [0.05, 0.1) is 9.70 Å². The summed E-state index contributed by atoms with van der Waals surface area (Å²) in [5.74, 6) is -0.768. The van der Waals surface area contributed by atoms with Gasteiger partial charge >= 0.3 is 0 Å². The third kappa shape index (κ3) is 5.20. The van der Waals surface area contributed by atoms with E-state index in [0.29, 0.717) is 13.0 Å². The number of carbonyl (C=O) groups is 1. The summed E-state index contributed by atoms with van der Waals surface area (Å²) < 4.78 is 1.08. The zero-order valence-electron chi connectivity index (χ0n) is 10.7. The summed E-state index contributed by atoms with van der Waals surface area (Å²) in [6.07, 6.45) is 2.15. The normalized spacial score (nSPS) is 13.3. The Kier molecular flexibility index (Phi) is 6.86. The van der Waals surface area contributed by atoms with Gasteiger partial charge in [0.25, 0.3) is 0 Å². The van der Waals surface area contributed by atoms with E-state index in [4.69, 9.17) is 10.9 Å². The van der Waals surface area contributed by atoms with Gasteiger partial charge in [-0.05, 0) is 40.9 Å². The molecule has 1 unspecified atom stereocenters. The molecule has 106 valence electrons. The zero-order valence-corrected chi connectivity index (χ0v) is 13.1. The Morgan fingerprint density at radius 3 is 2.89 bits per heavy atom. The Hall–Kier alpha value is -1.08. The molecule has 1 aromatic rings. The monoisotopic (exact) mass is 347 g/mol. The molecule has 0 aliphatic carbocycles. The molecule has 0 saturated heterocycles. The van der Waals surface area contributed by atoms with E-state index >= 15 is 0 Å². The molecule has 1 aromatic heterocycles. The molecular formula is C12H18BrN3O2S. The number of nitrogens with two attached hydrogens (primary N) is 1.